The highest BCUT2D eigenvalue weighted by Gasteiger charge is 2.32. The van der Waals surface area contributed by atoms with Gasteiger partial charge in [-0.15, -0.1) is 5.10 Å². The lowest BCUT2D eigenvalue weighted by molar-refractivity contribution is -0.137. The first-order valence-corrected chi connectivity index (χ1v) is 8.67. The zero-order chi connectivity index (χ0) is 19.6. The van der Waals surface area contributed by atoms with Gasteiger partial charge in [0.05, 0.1) is 36.2 Å². The van der Waals surface area contributed by atoms with Gasteiger partial charge in [-0.3, -0.25) is 9.97 Å². The Hall–Kier alpha value is -2.85. The van der Waals surface area contributed by atoms with Crippen LogP contribution in [0, 0.1) is 0 Å². The molecule has 1 fully saturated rings. The minimum Gasteiger partial charge on any atom is -0.368 e. The smallest absolute Gasteiger partial charge is 0.368 e. The predicted molar refractivity (Wildman–Crippen MR) is 93.0 cm³/mol. The Kier molecular flexibility index (Phi) is 5.05. The molecule has 7 nitrogen and oxygen atoms in total. The minimum absolute atomic E-state index is 0.0765. The van der Waals surface area contributed by atoms with Gasteiger partial charge < -0.3 is 10.1 Å². The molecular formula is C18H17F3N6O. The van der Waals surface area contributed by atoms with Gasteiger partial charge in [-0.25, -0.2) is 4.68 Å². The van der Waals surface area contributed by atoms with Crippen molar-refractivity contribution in [2.45, 2.75) is 24.9 Å². The van der Waals surface area contributed by atoms with E-state index in [-0.39, 0.29) is 18.8 Å². The lowest BCUT2D eigenvalue weighted by Gasteiger charge is -2.19. The Morgan fingerprint density at radius 1 is 1.18 bits per heavy atom. The fourth-order valence-electron chi connectivity index (χ4n) is 3.03. The van der Waals surface area contributed by atoms with Crippen molar-refractivity contribution >= 4 is 0 Å². The van der Waals surface area contributed by atoms with Crippen LogP contribution in [0.5, 0.6) is 0 Å². The van der Waals surface area contributed by atoms with E-state index in [0.29, 0.717) is 24.5 Å². The summed E-state index contributed by atoms with van der Waals surface area (Å²) in [6, 6.07) is 5.99. The van der Waals surface area contributed by atoms with Crippen LogP contribution in [-0.2, 0) is 17.5 Å². The summed E-state index contributed by atoms with van der Waals surface area (Å²) in [7, 11) is 0. The van der Waals surface area contributed by atoms with Crippen molar-refractivity contribution < 1.29 is 17.9 Å². The maximum Gasteiger partial charge on any atom is 0.417 e. The highest BCUT2D eigenvalue weighted by Crippen LogP contribution is 2.28. The molecule has 10 heteroatoms. The number of nitrogens with zero attached hydrogens (tertiary/aromatic N) is 5. The number of ether oxygens (including phenoxy) is 1. The number of hydrogen-bond donors (Lipinski definition) is 1. The molecule has 1 N–H and O–H groups in total. The fourth-order valence-corrected chi connectivity index (χ4v) is 3.03. The maximum atomic E-state index is 12.6. The Bertz CT molecular complexity index is 913. The van der Waals surface area contributed by atoms with E-state index in [2.05, 4.69) is 25.6 Å². The molecule has 0 bridgehead atoms. The van der Waals surface area contributed by atoms with Gasteiger partial charge in [-0.1, -0.05) is 5.21 Å². The molecule has 3 aromatic rings. The van der Waals surface area contributed by atoms with Crippen LogP contribution in [0.4, 0.5) is 13.2 Å². The summed E-state index contributed by atoms with van der Waals surface area (Å²) in [6.45, 7) is 1.37. The van der Waals surface area contributed by atoms with Crippen LogP contribution in [0.15, 0.2) is 49.1 Å². The van der Waals surface area contributed by atoms with Gasteiger partial charge in [0.25, 0.3) is 0 Å². The first-order valence-electron chi connectivity index (χ1n) is 8.67. The van der Waals surface area contributed by atoms with E-state index in [0.717, 1.165) is 17.8 Å². The van der Waals surface area contributed by atoms with E-state index in [4.69, 9.17) is 4.74 Å². The van der Waals surface area contributed by atoms with Crippen molar-refractivity contribution in [2.24, 2.45) is 0 Å². The van der Waals surface area contributed by atoms with Crippen LogP contribution in [-0.4, -0.2) is 44.2 Å². The highest BCUT2D eigenvalue weighted by atomic mass is 19.4. The number of halogens is 3. The molecule has 1 saturated heterocycles. The molecule has 28 heavy (non-hydrogen) atoms. The van der Waals surface area contributed by atoms with Crippen LogP contribution in [0.2, 0.25) is 0 Å². The summed E-state index contributed by atoms with van der Waals surface area (Å²) in [5.74, 6) is 0. The summed E-state index contributed by atoms with van der Waals surface area (Å²) in [4.78, 5) is 7.92. The second-order valence-electron chi connectivity index (χ2n) is 6.44. The monoisotopic (exact) mass is 390 g/mol. The summed E-state index contributed by atoms with van der Waals surface area (Å²) < 4.78 is 45.5. The van der Waals surface area contributed by atoms with Crippen molar-refractivity contribution in [1.29, 1.82) is 0 Å². The molecule has 0 aromatic carbocycles. The number of rotatable bonds is 5. The molecule has 2 atom stereocenters. The largest absolute Gasteiger partial charge is 0.417 e. The molecule has 4 heterocycles. The quantitative estimate of drug-likeness (QED) is 0.721. The summed E-state index contributed by atoms with van der Waals surface area (Å²) in [6.07, 6.45) is 1.46. The van der Waals surface area contributed by atoms with E-state index in [1.165, 1.54) is 6.07 Å². The Morgan fingerprint density at radius 3 is 2.79 bits per heavy atom. The van der Waals surface area contributed by atoms with Crippen molar-refractivity contribution in [3.63, 3.8) is 0 Å². The second kappa shape index (κ2) is 7.64. The number of nitrogens with one attached hydrogen (secondary N) is 1. The number of aromatic nitrogens is 5. The second-order valence-corrected chi connectivity index (χ2v) is 6.44. The summed E-state index contributed by atoms with van der Waals surface area (Å²) >= 11 is 0. The highest BCUT2D eigenvalue weighted by molar-refractivity contribution is 5.55. The van der Waals surface area contributed by atoms with Crippen molar-refractivity contribution in [3.8, 4) is 11.3 Å². The van der Waals surface area contributed by atoms with Crippen LogP contribution >= 0.6 is 0 Å². The zero-order valence-corrected chi connectivity index (χ0v) is 14.7. The Morgan fingerprint density at radius 2 is 2.07 bits per heavy atom. The lowest BCUT2D eigenvalue weighted by atomic mass is 10.2. The van der Waals surface area contributed by atoms with Crippen LogP contribution in [0.25, 0.3) is 11.3 Å². The van der Waals surface area contributed by atoms with E-state index < -0.39 is 11.7 Å². The fraction of sp³-hybridized carbons (Fsp3) is 0.333. The van der Waals surface area contributed by atoms with Gasteiger partial charge >= 0.3 is 6.18 Å². The maximum absolute atomic E-state index is 12.6. The van der Waals surface area contributed by atoms with E-state index in [1.54, 1.807) is 17.1 Å². The third-order valence-electron chi connectivity index (χ3n) is 4.53. The first-order chi connectivity index (χ1) is 13.5. The molecule has 0 aliphatic carbocycles. The zero-order valence-electron chi connectivity index (χ0n) is 14.7. The molecule has 0 saturated carbocycles. The average Bonchev–Trinajstić information content (AvgIpc) is 3.36. The number of hydrogen-bond acceptors (Lipinski definition) is 6. The molecule has 4 rings (SSSR count). The molecule has 0 spiro atoms. The Labute approximate surface area is 158 Å². The number of alkyl halides is 3. The van der Waals surface area contributed by atoms with Crippen LogP contribution in [0.3, 0.4) is 0 Å². The van der Waals surface area contributed by atoms with Gasteiger partial charge in [0, 0.05) is 37.2 Å². The van der Waals surface area contributed by atoms with E-state index >= 15 is 0 Å². The molecule has 3 aromatic heterocycles. The van der Waals surface area contributed by atoms with Crippen LogP contribution < -0.4 is 5.32 Å². The van der Waals surface area contributed by atoms with Crippen LogP contribution in [0.1, 0.15) is 17.3 Å². The lowest BCUT2D eigenvalue weighted by Crippen LogP contribution is -2.26. The van der Waals surface area contributed by atoms with E-state index in [1.807, 2.05) is 18.3 Å². The van der Waals surface area contributed by atoms with Gasteiger partial charge in [-0.2, -0.15) is 13.2 Å². The SMILES string of the molecule is FC(F)(F)c1ccc(CO[C@@H]2CNC[C@H]2n2cc(-c3cccnc3)nn2)nc1. The summed E-state index contributed by atoms with van der Waals surface area (Å²) in [5, 5.41) is 11.6. The molecule has 146 valence electrons. The average molecular weight is 390 g/mol. The normalized spacial score (nSPS) is 19.8. The van der Waals surface area contributed by atoms with Crippen molar-refractivity contribution in [3.05, 3.63) is 60.3 Å². The van der Waals surface area contributed by atoms with E-state index in [9.17, 15) is 13.2 Å². The minimum atomic E-state index is -4.40. The summed E-state index contributed by atoms with van der Waals surface area (Å²) in [5.41, 5.74) is 1.24. The van der Waals surface area contributed by atoms with Gasteiger partial charge in [0.15, 0.2) is 0 Å². The van der Waals surface area contributed by atoms with Gasteiger partial charge in [0.1, 0.15) is 5.69 Å². The molecular weight excluding hydrogens is 373 g/mol. The molecule has 0 radical (unpaired) electrons. The Balaban J connectivity index is 1.41. The third-order valence-corrected chi connectivity index (χ3v) is 4.53. The first kappa shape index (κ1) is 18.5. The van der Waals surface area contributed by atoms with Crippen molar-refractivity contribution in [2.75, 3.05) is 13.1 Å². The standard InChI is InChI=1S/C18H17F3N6O/c19-18(20,21)13-3-4-14(24-7-13)11-28-17-9-23-8-16(17)27-10-15(25-26-27)12-2-1-5-22-6-12/h1-7,10,16-17,23H,8-9,11H2/t16-,17-/m1/s1. The third kappa shape index (κ3) is 4.02. The molecule has 1 aliphatic heterocycles. The van der Waals surface area contributed by atoms with Crippen molar-refractivity contribution in [1.82, 2.24) is 30.3 Å². The molecule has 1 aliphatic rings. The molecule has 0 unspecified atom stereocenters. The van der Waals surface area contributed by atoms with Gasteiger partial charge in [-0.05, 0) is 24.3 Å². The molecule has 0 amide bonds. The van der Waals surface area contributed by atoms with Gasteiger partial charge in [0.2, 0.25) is 0 Å². The number of pyridine rings is 2. The topological polar surface area (TPSA) is 77.8 Å². The predicted octanol–water partition coefficient (Wildman–Crippen LogP) is 2.48.